The summed E-state index contributed by atoms with van der Waals surface area (Å²) in [5.74, 6) is 0.393. The summed E-state index contributed by atoms with van der Waals surface area (Å²) < 4.78 is 0. The normalized spacial score (nSPS) is 10.2. The van der Waals surface area contributed by atoms with Crippen LogP contribution in [0.3, 0.4) is 0 Å². The van der Waals surface area contributed by atoms with E-state index in [1.165, 1.54) is 6.33 Å². The van der Waals surface area contributed by atoms with Gasteiger partial charge in [0.1, 0.15) is 6.33 Å². The lowest BCUT2D eigenvalue weighted by molar-refractivity contribution is -0.383. The Balaban J connectivity index is 2.46. The highest BCUT2D eigenvalue weighted by atomic mass is 16.6. The van der Waals surface area contributed by atoms with Gasteiger partial charge >= 0.3 is 5.69 Å². The lowest BCUT2D eigenvalue weighted by Gasteiger charge is -2.12. The number of aryl methyl sites for hydroxylation is 1. The molecule has 0 aliphatic heterocycles. The number of aromatic nitrogens is 2. The van der Waals surface area contributed by atoms with Gasteiger partial charge in [-0.3, -0.25) is 10.1 Å². The standard InChI is InChI=1S/C14H17N5O2/c1-4-15-13-12(19(20)21)14(17-8-16-13)18-11-7-5-6-9(2)10(11)3/h5-8H,4H2,1-3H3,(H2,15,16,17,18). The third kappa shape index (κ3) is 3.07. The summed E-state index contributed by atoms with van der Waals surface area (Å²) in [4.78, 5) is 18.8. The van der Waals surface area contributed by atoms with Crippen LogP contribution in [0.4, 0.5) is 23.0 Å². The van der Waals surface area contributed by atoms with Gasteiger partial charge in [-0.25, -0.2) is 9.97 Å². The van der Waals surface area contributed by atoms with Crippen molar-refractivity contribution >= 4 is 23.0 Å². The summed E-state index contributed by atoms with van der Waals surface area (Å²) >= 11 is 0. The fourth-order valence-corrected chi connectivity index (χ4v) is 1.95. The molecule has 2 rings (SSSR count). The molecular weight excluding hydrogens is 270 g/mol. The van der Waals surface area contributed by atoms with Crippen LogP contribution in [0, 0.1) is 24.0 Å². The molecule has 0 fully saturated rings. The van der Waals surface area contributed by atoms with Crippen molar-refractivity contribution < 1.29 is 4.92 Å². The maximum absolute atomic E-state index is 11.3. The third-order valence-corrected chi connectivity index (χ3v) is 3.21. The predicted molar refractivity (Wildman–Crippen MR) is 82.0 cm³/mol. The van der Waals surface area contributed by atoms with Crippen molar-refractivity contribution in [3.8, 4) is 0 Å². The van der Waals surface area contributed by atoms with Gasteiger partial charge in [-0.15, -0.1) is 0 Å². The van der Waals surface area contributed by atoms with Crippen molar-refractivity contribution in [3.05, 3.63) is 45.8 Å². The summed E-state index contributed by atoms with van der Waals surface area (Å²) in [5, 5.41) is 17.2. The first-order chi connectivity index (χ1) is 10.0. The zero-order valence-electron chi connectivity index (χ0n) is 12.2. The fourth-order valence-electron chi connectivity index (χ4n) is 1.95. The number of nitrogens with one attached hydrogen (secondary N) is 2. The van der Waals surface area contributed by atoms with Gasteiger partial charge in [0.2, 0.25) is 11.6 Å². The monoisotopic (exact) mass is 287 g/mol. The van der Waals surface area contributed by atoms with Crippen LogP contribution >= 0.6 is 0 Å². The van der Waals surface area contributed by atoms with Crippen LogP contribution in [0.5, 0.6) is 0 Å². The van der Waals surface area contributed by atoms with Crippen LogP contribution in [0.25, 0.3) is 0 Å². The summed E-state index contributed by atoms with van der Waals surface area (Å²) in [6.07, 6.45) is 1.30. The Morgan fingerprint density at radius 2 is 1.95 bits per heavy atom. The Bertz CT molecular complexity index is 672. The highest BCUT2D eigenvalue weighted by molar-refractivity contribution is 5.75. The van der Waals surface area contributed by atoms with E-state index in [0.717, 1.165) is 16.8 Å². The molecule has 2 N–H and O–H groups in total. The molecule has 21 heavy (non-hydrogen) atoms. The van der Waals surface area contributed by atoms with Gasteiger partial charge in [-0.1, -0.05) is 12.1 Å². The van der Waals surface area contributed by atoms with Gasteiger partial charge in [-0.2, -0.15) is 0 Å². The number of nitrogens with zero attached hydrogens (tertiary/aromatic N) is 3. The molecule has 0 spiro atoms. The van der Waals surface area contributed by atoms with Crippen molar-refractivity contribution in [1.29, 1.82) is 0 Å². The fraction of sp³-hybridized carbons (Fsp3) is 0.286. The molecule has 0 unspecified atom stereocenters. The molecule has 0 saturated heterocycles. The van der Waals surface area contributed by atoms with Crippen LogP contribution in [0.1, 0.15) is 18.1 Å². The molecule has 7 heteroatoms. The highest BCUT2D eigenvalue weighted by Gasteiger charge is 2.23. The second-order valence-corrected chi connectivity index (χ2v) is 4.58. The van der Waals surface area contributed by atoms with E-state index in [2.05, 4.69) is 20.6 Å². The number of anilines is 3. The summed E-state index contributed by atoms with van der Waals surface area (Å²) in [5.41, 5.74) is 2.76. The molecule has 110 valence electrons. The van der Waals surface area contributed by atoms with Crippen molar-refractivity contribution in [2.45, 2.75) is 20.8 Å². The first-order valence-corrected chi connectivity index (χ1v) is 6.61. The lowest BCUT2D eigenvalue weighted by atomic mass is 10.1. The predicted octanol–water partition coefficient (Wildman–Crippen LogP) is 3.18. The van der Waals surface area contributed by atoms with Crippen LogP contribution in [-0.2, 0) is 0 Å². The molecule has 1 aromatic carbocycles. The number of hydrogen-bond donors (Lipinski definition) is 2. The second kappa shape index (κ2) is 6.17. The van der Waals surface area contributed by atoms with Crippen molar-refractivity contribution in [1.82, 2.24) is 9.97 Å². The van der Waals surface area contributed by atoms with E-state index in [1.807, 2.05) is 39.0 Å². The Labute approximate surface area is 122 Å². The molecule has 0 amide bonds. The molecule has 0 aliphatic carbocycles. The molecule has 0 bridgehead atoms. The summed E-state index contributed by atoms with van der Waals surface area (Å²) in [6, 6.07) is 5.74. The average molecular weight is 287 g/mol. The van der Waals surface area contributed by atoms with Crippen molar-refractivity contribution in [2.24, 2.45) is 0 Å². The molecule has 1 heterocycles. The molecule has 2 aromatic rings. The van der Waals surface area contributed by atoms with Crippen molar-refractivity contribution in [3.63, 3.8) is 0 Å². The molecule has 7 nitrogen and oxygen atoms in total. The van der Waals surface area contributed by atoms with Crippen molar-refractivity contribution in [2.75, 3.05) is 17.2 Å². The number of nitro groups is 1. The van der Waals surface area contributed by atoms with E-state index in [-0.39, 0.29) is 17.3 Å². The minimum absolute atomic E-state index is 0.153. The van der Waals surface area contributed by atoms with E-state index in [1.54, 1.807) is 0 Å². The largest absolute Gasteiger partial charge is 0.364 e. The Morgan fingerprint density at radius 1 is 1.24 bits per heavy atom. The smallest absolute Gasteiger partial charge is 0.353 e. The number of hydrogen-bond acceptors (Lipinski definition) is 6. The average Bonchev–Trinajstić information content (AvgIpc) is 2.44. The van der Waals surface area contributed by atoms with E-state index in [9.17, 15) is 10.1 Å². The quantitative estimate of drug-likeness (QED) is 0.648. The third-order valence-electron chi connectivity index (χ3n) is 3.21. The zero-order chi connectivity index (χ0) is 15.4. The maximum Gasteiger partial charge on any atom is 0.353 e. The molecular formula is C14H17N5O2. The summed E-state index contributed by atoms with van der Waals surface area (Å²) in [6.45, 7) is 6.33. The van der Waals surface area contributed by atoms with Crippen LogP contribution < -0.4 is 10.6 Å². The van der Waals surface area contributed by atoms with Gasteiger partial charge in [0, 0.05) is 12.2 Å². The van der Waals surface area contributed by atoms with E-state index >= 15 is 0 Å². The van der Waals surface area contributed by atoms with Crippen LogP contribution in [0.2, 0.25) is 0 Å². The van der Waals surface area contributed by atoms with Gasteiger partial charge in [0.25, 0.3) is 0 Å². The molecule has 0 saturated carbocycles. The van der Waals surface area contributed by atoms with E-state index < -0.39 is 4.92 Å². The molecule has 1 aromatic heterocycles. The molecule has 0 atom stereocenters. The van der Waals surface area contributed by atoms with E-state index in [0.29, 0.717) is 6.54 Å². The van der Waals surface area contributed by atoms with Gasteiger partial charge in [0.15, 0.2) is 0 Å². The maximum atomic E-state index is 11.3. The first-order valence-electron chi connectivity index (χ1n) is 6.61. The molecule has 0 aliphatic rings. The van der Waals surface area contributed by atoms with Gasteiger partial charge in [-0.05, 0) is 38.0 Å². The first kappa shape index (κ1) is 14.7. The van der Waals surface area contributed by atoms with Crippen LogP contribution in [0.15, 0.2) is 24.5 Å². The SMILES string of the molecule is CCNc1ncnc(Nc2cccc(C)c2C)c1[N+](=O)[O-]. The Morgan fingerprint density at radius 3 is 2.62 bits per heavy atom. The minimum atomic E-state index is -0.481. The van der Waals surface area contributed by atoms with Gasteiger partial charge < -0.3 is 10.6 Å². The number of benzene rings is 1. The topological polar surface area (TPSA) is 93.0 Å². The molecule has 0 radical (unpaired) electrons. The Kier molecular flexibility index (Phi) is 4.32. The minimum Gasteiger partial charge on any atom is -0.364 e. The van der Waals surface area contributed by atoms with E-state index in [4.69, 9.17) is 0 Å². The van der Waals surface area contributed by atoms with Crippen LogP contribution in [-0.4, -0.2) is 21.4 Å². The highest BCUT2D eigenvalue weighted by Crippen LogP contribution is 2.32. The van der Waals surface area contributed by atoms with Gasteiger partial charge in [0.05, 0.1) is 4.92 Å². The second-order valence-electron chi connectivity index (χ2n) is 4.58. The zero-order valence-corrected chi connectivity index (χ0v) is 12.2. The lowest BCUT2D eigenvalue weighted by Crippen LogP contribution is -2.08. The number of rotatable bonds is 5. The Hall–Kier alpha value is -2.70. The summed E-state index contributed by atoms with van der Waals surface area (Å²) in [7, 11) is 0.